The lowest BCUT2D eigenvalue weighted by atomic mass is 10.4. The van der Waals surface area contributed by atoms with Crippen molar-refractivity contribution in [3.05, 3.63) is 35.4 Å². The molecule has 0 radical (unpaired) electrons. The van der Waals surface area contributed by atoms with Crippen molar-refractivity contribution >= 4 is 20.8 Å². The Labute approximate surface area is 76.2 Å². The Balaban J connectivity index is 0.000000218. The molecule has 0 aliphatic heterocycles. The first-order chi connectivity index (χ1) is 5.13. The van der Waals surface area contributed by atoms with Crippen molar-refractivity contribution < 1.29 is 0 Å². The Bertz CT molecular complexity index is 169. The lowest BCUT2D eigenvalue weighted by Gasteiger charge is -1.80. The summed E-state index contributed by atoms with van der Waals surface area (Å²) in [7, 11) is 2.66. The molecule has 1 atom stereocenters. The quantitative estimate of drug-likeness (QED) is 0.546. The number of hydrogen-bond donors (Lipinski definition) is 0. The average molecular weight is 189 g/mol. The maximum Gasteiger partial charge on any atom is 0.0405 e. The number of benzene rings is 1. The van der Waals surface area contributed by atoms with E-state index < -0.39 is 0 Å². The highest BCUT2D eigenvalue weighted by Gasteiger charge is 1.74. The minimum atomic E-state index is 0.750. The molecule has 0 N–H and O–H groups in total. The fourth-order valence-corrected chi connectivity index (χ4v) is 0.560. The number of halogens is 1. The standard InChI is InChI=1S/C6H5Cl.C3H9P/c7-6-4-2-1-3-5-6;1-3(2)4/h1-5H;3H,4H2,1-2H3. The van der Waals surface area contributed by atoms with E-state index in [1.165, 1.54) is 0 Å². The van der Waals surface area contributed by atoms with Gasteiger partial charge in [0.25, 0.3) is 0 Å². The van der Waals surface area contributed by atoms with Gasteiger partial charge in [-0.1, -0.05) is 43.6 Å². The van der Waals surface area contributed by atoms with Crippen LogP contribution in [0.3, 0.4) is 0 Å². The van der Waals surface area contributed by atoms with Crippen LogP contribution in [0.4, 0.5) is 0 Å². The van der Waals surface area contributed by atoms with E-state index in [4.69, 9.17) is 11.6 Å². The fourth-order valence-electron chi connectivity index (χ4n) is 0.415. The molecule has 1 rings (SSSR count). The van der Waals surface area contributed by atoms with Gasteiger partial charge in [0.2, 0.25) is 0 Å². The first-order valence-corrected chi connectivity index (χ1v) is 4.63. The predicted molar refractivity (Wildman–Crippen MR) is 56.3 cm³/mol. The van der Waals surface area contributed by atoms with Crippen LogP contribution in [0.25, 0.3) is 0 Å². The van der Waals surface area contributed by atoms with Gasteiger partial charge in [-0.3, -0.25) is 0 Å². The van der Waals surface area contributed by atoms with E-state index in [1.54, 1.807) is 0 Å². The summed E-state index contributed by atoms with van der Waals surface area (Å²) in [5.41, 5.74) is 0.750. The average Bonchev–Trinajstić information content (AvgIpc) is 1.87. The van der Waals surface area contributed by atoms with Gasteiger partial charge in [-0.2, -0.15) is 0 Å². The molecule has 0 heterocycles. The van der Waals surface area contributed by atoms with E-state index in [2.05, 4.69) is 23.1 Å². The Kier molecular flexibility index (Phi) is 6.60. The SMILES string of the molecule is CC(C)P.Clc1ccccc1. The minimum absolute atomic E-state index is 0.750. The Morgan fingerprint density at radius 2 is 1.55 bits per heavy atom. The van der Waals surface area contributed by atoms with Crippen LogP contribution >= 0.6 is 20.8 Å². The van der Waals surface area contributed by atoms with Gasteiger partial charge in [-0.05, 0) is 17.8 Å². The zero-order valence-electron chi connectivity index (χ0n) is 6.92. The van der Waals surface area contributed by atoms with Crippen LogP contribution in [0.5, 0.6) is 0 Å². The monoisotopic (exact) mass is 188 g/mol. The molecule has 0 spiro atoms. The second-order valence-electron chi connectivity index (χ2n) is 2.54. The first-order valence-electron chi connectivity index (χ1n) is 3.59. The molecule has 0 aliphatic rings. The minimum Gasteiger partial charge on any atom is -0.135 e. The van der Waals surface area contributed by atoms with E-state index in [9.17, 15) is 0 Å². The molecule has 0 nitrogen and oxygen atoms in total. The van der Waals surface area contributed by atoms with E-state index >= 15 is 0 Å². The molecule has 2 heteroatoms. The first kappa shape index (κ1) is 10.9. The van der Waals surface area contributed by atoms with Gasteiger partial charge >= 0.3 is 0 Å². The fraction of sp³-hybridized carbons (Fsp3) is 0.333. The number of rotatable bonds is 0. The smallest absolute Gasteiger partial charge is 0.0405 e. The van der Waals surface area contributed by atoms with E-state index in [0.29, 0.717) is 0 Å². The lowest BCUT2D eigenvalue weighted by Crippen LogP contribution is -1.69. The summed E-state index contributed by atoms with van der Waals surface area (Å²) >= 11 is 5.54. The van der Waals surface area contributed by atoms with Crippen LogP contribution in [0.2, 0.25) is 5.02 Å². The lowest BCUT2D eigenvalue weighted by molar-refractivity contribution is 1.12. The Hall–Kier alpha value is -0.0600. The molecule has 0 fully saturated rings. The highest BCUT2D eigenvalue weighted by Crippen LogP contribution is 2.03. The zero-order valence-corrected chi connectivity index (χ0v) is 8.83. The molecular weight excluding hydrogens is 175 g/mol. The zero-order chi connectivity index (χ0) is 8.69. The molecule has 1 aromatic carbocycles. The van der Waals surface area contributed by atoms with Gasteiger partial charge in [0.05, 0.1) is 0 Å². The van der Waals surface area contributed by atoms with Crippen LogP contribution in [0, 0.1) is 0 Å². The van der Waals surface area contributed by atoms with E-state index in [1.807, 2.05) is 30.3 Å². The van der Waals surface area contributed by atoms with E-state index in [-0.39, 0.29) is 0 Å². The van der Waals surface area contributed by atoms with Gasteiger partial charge in [-0.25, -0.2) is 0 Å². The third-order valence-corrected chi connectivity index (χ3v) is 0.985. The number of hydrogen-bond acceptors (Lipinski definition) is 0. The van der Waals surface area contributed by atoms with Crippen molar-refractivity contribution in [2.75, 3.05) is 0 Å². The maximum absolute atomic E-state index is 5.54. The maximum atomic E-state index is 5.54. The highest BCUT2D eigenvalue weighted by atomic mass is 35.5. The summed E-state index contributed by atoms with van der Waals surface area (Å²) in [5.74, 6) is 0. The van der Waals surface area contributed by atoms with Crippen molar-refractivity contribution in [3.8, 4) is 0 Å². The van der Waals surface area contributed by atoms with Crippen LogP contribution in [0.1, 0.15) is 13.8 Å². The van der Waals surface area contributed by atoms with Crippen molar-refractivity contribution in [1.82, 2.24) is 0 Å². The molecule has 11 heavy (non-hydrogen) atoms. The van der Waals surface area contributed by atoms with Crippen LogP contribution in [-0.4, -0.2) is 5.66 Å². The van der Waals surface area contributed by atoms with Crippen molar-refractivity contribution in [1.29, 1.82) is 0 Å². The molecule has 0 bridgehead atoms. The van der Waals surface area contributed by atoms with Crippen LogP contribution < -0.4 is 0 Å². The molecular formula is C9H14ClP. The summed E-state index contributed by atoms with van der Waals surface area (Å²) < 4.78 is 0. The van der Waals surface area contributed by atoms with Gasteiger partial charge < -0.3 is 0 Å². The third-order valence-electron chi connectivity index (χ3n) is 0.733. The summed E-state index contributed by atoms with van der Waals surface area (Å²) in [6.45, 7) is 4.26. The summed E-state index contributed by atoms with van der Waals surface area (Å²) in [5, 5.41) is 0.794. The molecule has 1 unspecified atom stereocenters. The van der Waals surface area contributed by atoms with Crippen LogP contribution in [0.15, 0.2) is 30.3 Å². The largest absolute Gasteiger partial charge is 0.135 e. The van der Waals surface area contributed by atoms with E-state index in [0.717, 1.165) is 10.7 Å². The van der Waals surface area contributed by atoms with Crippen molar-refractivity contribution in [2.45, 2.75) is 19.5 Å². The molecule has 0 amide bonds. The highest BCUT2D eigenvalue weighted by molar-refractivity contribution is 7.17. The van der Waals surface area contributed by atoms with Gasteiger partial charge in [0, 0.05) is 5.02 Å². The molecule has 62 valence electrons. The Morgan fingerprint density at radius 1 is 1.18 bits per heavy atom. The van der Waals surface area contributed by atoms with Gasteiger partial charge in [0.15, 0.2) is 0 Å². The molecule has 0 saturated carbocycles. The van der Waals surface area contributed by atoms with Crippen molar-refractivity contribution in [2.24, 2.45) is 0 Å². The molecule has 0 saturated heterocycles. The summed E-state index contributed by atoms with van der Waals surface area (Å²) in [6.07, 6.45) is 0. The summed E-state index contributed by atoms with van der Waals surface area (Å²) in [4.78, 5) is 0. The van der Waals surface area contributed by atoms with Crippen LogP contribution in [-0.2, 0) is 0 Å². The summed E-state index contributed by atoms with van der Waals surface area (Å²) in [6, 6.07) is 9.44. The topological polar surface area (TPSA) is 0 Å². The predicted octanol–water partition coefficient (Wildman–Crippen LogP) is 3.61. The normalized spacial score (nSPS) is 8.82. The third kappa shape index (κ3) is 9.94. The molecule has 0 aliphatic carbocycles. The second kappa shape index (κ2) is 6.64. The van der Waals surface area contributed by atoms with Crippen molar-refractivity contribution in [3.63, 3.8) is 0 Å². The van der Waals surface area contributed by atoms with Gasteiger partial charge in [0.1, 0.15) is 0 Å². The Morgan fingerprint density at radius 3 is 1.73 bits per heavy atom. The second-order valence-corrected chi connectivity index (χ2v) is 4.31. The molecule has 0 aromatic heterocycles. The molecule has 1 aromatic rings. The van der Waals surface area contributed by atoms with Gasteiger partial charge in [-0.15, -0.1) is 9.24 Å².